The molecule has 3 N–H and O–H groups in total. The molecule has 0 saturated carbocycles. The fourth-order valence-electron chi connectivity index (χ4n) is 0.884. The van der Waals surface area contributed by atoms with Crippen molar-refractivity contribution in [3.63, 3.8) is 0 Å². The predicted octanol–water partition coefficient (Wildman–Crippen LogP) is -0.273. The van der Waals surface area contributed by atoms with Crippen LogP contribution >= 0.6 is 0 Å². The standard InChI is InChI=1S/C6H13N3/c7-3-1-2-6-8-4-5-9-6/h1-5,7H2,(H,8,9). The highest BCUT2D eigenvalue weighted by atomic mass is 15.1. The van der Waals surface area contributed by atoms with Gasteiger partial charge in [-0.1, -0.05) is 0 Å². The second-order valence-corrected chi connectivity index (χ2v) is 2.15. The summed E-state index contributed by atoms with van der Waals surface area (Å²) in [5.41, 5.74) is 5.32. The molecule has 0 aromatic rings. The van der Waals surface area contributed by atoms with E-state index in [1.165, 1.54) is 0 Å². The van der Waals surface area contributed by atoms with Gasteiger partial charge in [-0.2, -0.15) is 0 Å². The highest BCUT2D eigenvalue weighted by Crippen LogP contribution is 1.93. The van der Waals surface area contributed by atoms with Gasteiger partial charge in [0.15, 0.2) is 0 Å². The van der Waals surface area contributed by atoms with Crippen molar-refractivity contribution in [3.05, 3.63) is 0 Å². The molecule has 0 unspecified atom stereocenters. The second-order valence-electron chi connectivity index (χ2n) is 2.15. The Morgan fingerprint density at radius 1 is 1.67 bits per heavy atom. The van der Waals surface area contributed by atoms with Crippen LogP contribution in [0.4, 0.5) is 0 Å². The third kappa shape index (κ3) is 2.01. The molecule has 1 rings (SSSR count). The predicted molar refractivity (Wildman–Crippen MR) is 38.6 cm³/mol. The highest BCUT2D eigenvalue weighted by molar-refractivity contribution is 5.83. The van der Waals surface area contributed by atoms with Crippen LogP contribution in [0.25, 0.3) is 0 Å². The molecule has 0 spiro atoms. The van der Waals surface area contributed by atoms with Crippen LogP contribution in [0.3, 0.4) is 0 Å². The zero-order chi connectivity index (χ0) is 6.53. The number of rotatable bonds is 3. The second kappa shape index (κ2) is 3.45. The fourth-order valence-corrected chi connectivity index (χ4v) is 0.884. The van der Waals surface area contributed by atoms with E-state index < -0.39 is 0 Å². The van der Waals surface area contributed by atoms with Crippen molar-refractivity contribution in [1.82, 2.24) is 5.32 Å². The van der Waals surface area contributed by atoms with Crippen LogP contribution in [0.2, 0.25) is 0 Å². The molecule has 1 aliphatic heterocycles. The van der Waals surface area contributed by atoms with Crippen molar-refractivity contribution in [2.75, 3.05) is 19.6 Å². The maximum Gasteiger partial charge on any atom is 0.0964 e. The van der Waals surface area contributed by atoms with E-state index in [4.69, 9.17) is 5.73 Å². The van der Waals surface area contributed by atoms with E-state index in [0.29, 0.717) is 0 Å². The molecular formula is C6H13N3. The topological polar surface area (TPSA) is 50.4 Å². The first-order valence-electron chi connectivity index (χ1n) is 3.41. The Morgan fingerprint density at radius 2 is 2.56 bits per heavy atom. The minimum atomic E-state index is 0.765. The first kappa shape index (κ1) is 6.55. The van der Waals surface area contributed by atoms with Gasteiger partial charge in [0, 0.05) is 13.0 Å². The van der Waals surface area contributed by atoms with E-state index in [-0.39, 0.29) is 0 Å². The smallest absolute Gasteiger partial charge is 0.0964 e. The van der Waals surface area contributed by atoms with Crippen molar-refractivity contribution in [2.24, 2.45) is 10.7 Å². The van der Waals surface area contributed by atoms with Gasteiger partial charge in [-0.05, 0) is 13.0 Å². The molecule has 3 heteroatoms. The Hall–Kier alpha value is -0.570. The molecule has 0 fully saturated rings. The van der Waals surface area contributed by atoms with Crippen molar-refractivity contribution in [1.29, 1.82) is 0 Å². The third-order valence-corrected chi connectivity index (χ3v) is 1.36. The number of hydrogen-bond acceptors (Lipinski definition) is 3. The van der Waals surface area contributed by atoms with Gasteiger partial charge in [0.1, 0.15) is 0 Å². The van der Waals surface area contributed by atoms with Crippen molar-refractivity contribution in [2.45, 2.75) is 12.8 Å². The molecule has 0 amide bonds. The molecule has 0 aliphatic carbocycles. The van der Waals surface area contributed by atoms with Gasteiger partial charge in [-0.15, -0.1) is 0 Å². The molecule has 0 radical (unpaired) electrons. The van der Waals surface area contributed by atoms with Gasteiger partial charge in [-0.25, -0.2) is 0 Å². The summed E-state index contributed by atoms with van der Waals surface area (Å²) >= 11 is 0. The molecule has 3 nitrogen and oxygen atoms in total. The number of nitrogens with two attached hydrogens (primary N) is 1. The molecule has 0 bridgehead atoms. The van der Waals surface area contributed by atoms with E-state index in [1.807, 2.05) is 0 Å². The zero-order valence-corrected chi connectivity index (χ0v) is 5.56. The summed E-state index contributed by atoms with van der Waals surface area (Å²) in [6.45, 7) is 2.72. The minimum absolute atomic E-state index is 0.765. The summed E-state index contributed by atoms with van der Waals surface area (Å²) in [6.07, 6.45) is 2.07. The van der Waals surface area contributed by atoms with Crippen LogP contribution in [0, 0.1) is 0 Å². The molecule has 0 atom stereocenters. The number of amidine groups is 1. The Bertz CT molecular complexity index is 109. The molecule has 0 aromatic heterocycles. The SMILES string of the molecule is NCCCC1=NCCN1. The number of hydrogen-bond donors (Lipinski definition) is 2. The van der Waals surface area contributed by atoms with Crippen LogP contribution in [-0.4, -0.2) is 25.5 Å². The number of nitrogens with zero attached hydrogens (tertiary/aromatic N) is 1. The molecule has 52 valence electrons. The lowest BCUT2D eigenvalue weighted by molar-refractivity contribution is 0.855. The van der Waals surface area contributed by atoms with Gasteiger partial charge in [0.25, 0.3) is 0 Å². The van der Waals surface area contributed by atoms with Crippen LogP contribution in [0.1, 0.15) is 12.8 Å². The maximum atomic E-state index is 5.32. The Labute approximate surface area is 55.3 Å². The lowest BCUT2D eigenvalue weighted by atomic mass is 10.3. The van der Waals surface area contributed by atoms with Crippen molar-refractivity contribution in [3.8, 4) is 0 Å². The fraction of sp³-hybridized carbons (Fsp3) is 0.833. The monoisotopic (exact) mass is 127 g/mol. The van der Waals surface area contributed by atoms with Crippen LogP contribution < -0.4 is 11.1 Å². The van der Waals surface area contributed by atoms with Crippen LogP contribution in [-0.2, 0) is 0 Å². The Kier molecular flexibility index (Phi) is 2.51. The Balaban J connectivity index is 2.11. The lowest BCUT2D eigenvalue weighted by Gasteiger charge is -1.97. The van der Waals surface area contributed by atoms with E-state index in [2.05, 4.69) is 10.3 Å². The van der Waals surface area contributed by atoms with Crippen LogP contribution in [0.15, 0.2) is 4.99 Å². The number of nitrogens with one attached hydrogen (secondary N) is 1. The minimum Gasteiger partial charge on any atom is -0.372 e. The molecule has 9 heavy (non-hydrogen) atoms. The average Bonchev–Trinajstić information content (AvgIpc) is 2.34. The number of aliphatic imine (C=N–C) groups is 1. The lowest BCUT2D eigenvalue weighted by Crippen LogP contribution is -2.19. The van der Waals surface area contributed by atoms with Gasteiger partial charge in [-0.3, -0.25) is 4.99 Å². The summed E-state index contributed by atoms with van der Waals surface area (Å²) in [7, 11) is 0. The molecule has 0 aromatic carbocycles. The van der Waals surface area contributed by atoms with Gasteiger partial charge >= 0.3 is 0 Å². The van der Waals surface area contributed by atoms with Crippen molar-refractivity contribution >= 4 is 5.84 Å². The zero-order valence-electron chi connectivity index (χ0n) is 5.56. The summed E-state index contributed by atoms with van der Waals surface area (Å²) in [5.74, 6) is 1.14. The molecule has 0 saturated heterocycles. The largest absolute Gasteiger partial charge is 0.372 e. The van der Waals surface area contributed by atoms with E-state index in [0.717, 1.165) is 38.3 Å². The summed E-state index contributed by atoms with van der Waals surface area (Å²) in [5, 5.41) is 3.19. The first-order chi connectivity index (χ1) is 4.43. The summed E-state index contributed by atoms with van der Waals surface area (Å²) in [4.78, 5) is 4.22. The van der Waals surface area contributed by atoms with Gasteiger partial charge in [0.05, 0.1) is 12.4 Å². The Morgan fingerprint density at radius 3 is 3.11 bits per heavy atom. The van der Waals surface area contributed by atoms with E-state index >= 15 is 0 Å². The van der Waals surface area contributed by atoms with Crippen LogP contribution in [0.5, 0.6) is 0 Å². The first-order valence-corrected chi connectivity index (χ1v) is 3.41. The molecular weight excluding hydrogens is 114 g/mol. The maximum absolute atomic E-state index is 5.32. The highest BCUT2D eigenvalue weighted by Gasteiger charge is 2.01. The molecule has 1 heterocycles. The van der Waals surface area contributed by atoms with Gasteiger partial charge < -0.3 is 11.1 Å². The van der Waals surface area contributed by atoms with Crippen molar-refractivity contribution < 1.29 is 0 Å². The quantitative estimate of drug-likeness (QED) is 0.548. The van der Waals surface area contributed by atoms with E-state index in [1.54, 1.807) is 0 Å². The normalized spacial score (nSPS) is 17.2. The average molecular weight is 127 g/mol. The van der Waals surface area contributed by atoms with Gasteiger partial charge in [0.2, 0.25) is 0 Å². The molecule has 1 aliphatic rings. The van der Waals surface area contributed by atoms with E-state index in [9.17, 15) is 0 Å². The summed E-state index contributed by atoms with van der Waals surface area (Å²) < 4.78 is 0. The third-order valence-electron chi connectivity index (χ3n) is 1.36. The summed E-state index contributed by atoms with van der Waals surface area (Å²) in [6, 6.07) is 0.